The molecule has 19 heteroatoms. The first-order valence-electron chi connectivity index (χ1n) is 18.7. The van der Waals surface area contributed by atoms with Gasteiger partial charge in [0.2, 0.25) is 33.7 Å². The van der Waals surface area contributed by atoms with E-state index in [1.807, 2.05) is 30.3 Å². The van der Waals surface area contributed by atoms with Crippen molar-refractivity contribution in [3.63, 3.8) is 0 Å². The zero-order valence-corrected chi connectivity index (χ0v) is 32.7. The van der Waals surface area contributed by atoms with Gasteiger partial charge < -0.3 is 26.0 Å². The summed E-state index contributed by atoms with van der Waals surface area (Å²) in [6.07, 6.45) is 2.62. The van der Waals surface area contributed by atoms with E-state index in [0.717, 1.165) is 16.2 Å². The quantitative estimate of drug-likeness (QED) is 0.0872. The van der Waals surface area contributed by atoms with Crippen LogP contribution in [0.4, 0.5) is 5.69 Å². The van der Waals surface area contributed by atoms with Crippen molar-refractivity contribution in [3.05, 3.63) is 65.2 Å². The molecule has 6 N–H and O–H groups in total. The molecule has 6 amide bonds. The lowest BCUT2D eigenvalue weighted by atomic mass is 10.0. The minimum absolute atomic E-state index is 0.0393. The van der Waals surface area contributed by atoms with Crippen molar-refractivity contribution in [3.8, 4) is 0 Å². The molecule has 0 spiro atoms. The lowest BCUT2D eigenvalue weighted by Gasteiger charge is -2.27. The maximum Gasteiger partial charge on any atom is 0.262 e. The van der Waals surface area contributed by atoms with Crippen LogP contribution in [-0.2, 0) is 33.9 Å². The Morgan fingerprint density at radius 3 is 2.55 bits per heavy atom. The van der Waals surface area contributed by atoms with Crippen LogP contribution in [0.5, 0.6) is 0 Å². The molecule has 6 rings (SSSR count). The lowest BCUT2D eigenvalue weighted by Crippen LogP contribution is -2.54. The van der Waals surface area contributed by atoms with Crippen molar-refractivity contribution in [2.75, 3.05) is 63.3 Å². The molecule has 302 valence electrons. The van der Waals surface area contributed by atoms with E-state index in [4.69, 9.17) is 4.74 Å². The number of hydrogen-bond acceptors (Lipinski definition) is 13. The Bertz CT molecular complexity index is 1920. The average Bonchev–Trinajstić information content (AvgIpc) is 3.91. The molecular weight excluding hydrogens is 765 g/mol. The van der Waals surface area contributed by atoms with Gasteiger partial charge in [-0.15, -0.1) is 11.8 Å². The summed E-state index contributed by atoms with van der Waals surface area (Å²) >= 11 is 1.61. The lowest BCUT2D eigenvalue weighted by molar-refractivity contribution is -0.136. The highest BCUT2D eigenvalue weighted by molar-refractivity contribution is 8.00. The van der Waals surface area contributed by atoms with Gasteiger partial charge in [-0.25, -0.2) is 12.7 Å². The minimum atomic E-state index is -3.28. The number of hydrogen-bond donors (Lipinski definition) is 6. The maximum absolute atomic E-state index is 13.4. The molecular formula is C37H48N8O9S2. The number of nitrogens with zero attached hydrogens (tertiary/aromatic N) is 2. The number of carbonyl (C=O) groups is 6. The summed E-state index contributed by atoms with van der Waals surface area (Å²) in [6, 6.07) is 13.1. The number of benzene rings is 2. The summed E-state index contributed by atoms with van der Waals surface area (Å²) in [4.78, 5) is 76.7. The second-order valence-corrected chi connectivity index (χ2v) is 17.4. The predicted molar refractivity (Wildman–Crippen MR) is 208 cm³/mol. The average molecular weight is 813 g/mol. The van der Waals surface area contributed by atoms with Gasteiger partial charge in [0.15, 0.2) is 0 Å². The van der Waals surface area contributed by atoms with Gasteiger partial charge in [0.1, 0.15) is 17.6 Å². The van der Waals surface area contributed by atoms with Gasteiger partial charge in [0.25, 0.3) is 11.8 Å². The van der Waals surface area contributed by atoms with Gasteiger partial charge in [-0.1, -0.05) is 30.3 Å². The monoisotopic (exact) mass is 812 g/mol. The molecule has 5 atom stereocenters. The van der Waals surface area contributed by atoms with Crippen LogP contribution >= 0.6 is 11.8 Å². The van der Waals surface area contributed by atoms with Gasteiger partial charge in [-0.2, -0.15) is 0 Å². The fraction of sp³-hybridized carbons (Fsp3) is 0.514. The van der Waals surface area contributed by atoms with E-state index < -0.39 is 45.7 Å². The molecule has 3 saturated heterocycles. The SMILES string of the molecule is CS(=O)(=O)N1CCC(CN[C@@H](COCCCC(=O)NCCNc2ccc3c(c2)C(=O)N(C2CCC(=O)NC2=O)C3=O)C(=O)NC2NC(c3ccccc3)CS2)C1. The van der Waals surface area contributed by atoms with Gasteiger partial charge >= 0.3 is 0 Å². The smallest absolute Gasteiger partial charge is 0.262 e. The minimum Gasteiger partial charge on any atom is -0.383 e. The second kappa shape index (κ2) is 18.7. The van der Waals surface area contributed by atoms with Crippen molar-refractivity contribution in [2.45, 2.75) is 55.7 Å². The third kappa shape index (κ3) is 10.5. The predicted octanol–water partition coefficient (Wildman–Crippen LogP) is 0.130. The highest BCUT2D eigenvalue weighted by atomic mass is 32.2. The fourth-order valence-corrected chi connectivity index (χ4v) is 9.13. The second-order valence-electron chi connectivity index (χ2n) is 14.3. The topological polar surface area (TPSA) is 224 Å². The molecule has 0 aromatic heterocycles. The third-order valence-electron chi connectivity index (χ3n) is 10.1. The van der Waals surface area contributed by atoms with E-state index in [9.17, 15) is 37.2 Å². The molecule has 2 aromatic carbocycles. The highest BCUT2D eigenvalue weighted by Crippen LogP contribution is 2.30. The number of carbonyl (C=O) groups excluding carboxylic acids is 6. The first kappa shape index (κ1) is 41.2. The van der Waals surface area contributed by atoms with E-state index >= 15 is 0 Å². The Labute approximate surface area is 329 Å². The molecule has 4 aliphatic rings. The van der Waals surface area contributed by atoms with Crippen LogP contribution in [0, 0.1) is 5.92 Å². The van der Waals surface area contributed by atoms with Crippen LogP contribution in [0.3, 0.4) is 0 Å². The number of imide groups is 2. The molecule has 3 fully saturated rings. The first-order chi connectivity index (χ1) is 26.9. The summed E-state index contributed by atoms with van der Waals surface area (Å²) < 4.78 is 31.3. The standard InChI is InChI=1S/C37H48N8O9S2/c1-56(52,53)44-16-13-23(20-44)19-40-28(33(48)43-37-41-29(22-55-37)24-6-3-2-4-7-24)21-54-17-5-8-31(46)39-15-14-38-25-9-10-26-27(18-25)36(51)45(35(26)50)30-11-12-32(47)42-34(30)49/h2-4,6-7,9-10,18,23,28-30,37-38,40-41H,5,8,11-17,19-22H2,1H3,(H,39,46)(H,43,48)(H,42,47,49)/t23?,28-,29?,30?,37?/m0/s1. The van der Waals surface area contributed by atoms with Crippen LogP contribution in [0.25, 0.3) is 0 Å². The number of nitrogens with one attached hydrogen (secondary N) is 6. The molecule has 0 radical (unpaired) electrons. The molecule has 56 heavy (non-hydrogen) atoms. The summed E-state index contributed by atoms with van der Waals surface area (Å²) in [5, 5.41) is 17.9. The molecule has 2 aromatic rings. The van der Waals surface area contributed by atoms with Crippen molar-refractivity contribution < 1.29 is 41.9 Å². The number of ether oxygens (including phenoxy) is 1. The molecule has 0 aliphatic carbocycles. The summed E-state index contributed by atoms with van der Waals surface area (Å²) in [7, 11) is -3.28. The first-order valence-corrected chi connectivity index (χ1v) is 21.6. The molecule has 17 nitrogen and oxygen atoms in total. The van der Waals surface area contributed by atoms with Gasteiger partial charge in [-0.05, 0) is 48.9 Å². The zero-order valence-electron chi connectivity index (χ0n) is 31.1. The Kier molecular flexibility index (Phi) is 13.8. The number of rotatable bonds is 18. The van der Waals surface area contributed by atoms with E-state index in [-0.39, 0.29) is 79.4 Å². The molecule has 0 bridgehead atoms. The zero-order chi connectivity index (χ0) is 39.8. The van der Waals surface area contributed by atoms with Gasteiger partial charge in [0, 0.05) is 69.7 Å². The number of amides is 6. The number of sulfonamides is 1. The van der Waals surface area contributed by atoms with Crippen LogP contribution in [0.2, 0.25) is 0 Å². The van der Waals surface area contributed by atoms with E-state index in [0.29, 0.717) is 44.7 Å². The van der Waals surface area contributed by atoms with E-state index in [2.05, 4.69) is 31.9 Å². The van der Waals surface area contributed by atoms with E-state index in [1.54, 1.807) is 17.8 Å². The van der Waals surface area contributed by atoms with Crippen LogP contribution in [-0.4, -0.2) is 129 Å². The Hall–Kier alpha value is -4.40. The van der Waals surface area contributed by atoms with Crippen molar-refractivity contribution in [2.24, 2.45) is 5.92 Å². The number of thioether (sulfide) groups is 1. The maximum atomic E-state index is 13.4. The normalized spacial score (nSPS) is 23.2. The molecule has 4 heterocycles. The van der Waals surface area contributed by atoms with Gasteiger partial charge in [0.05, 0.1) is 24.0 Å². The Balaban J connectivity index is 0.906. The number of piperidine rings is 1. The summed E-state index contributed by atoms with van der Waals surface area (Å²) in [6.45, 7) is 2.23. The van der Waals surface area contributed by atoms with Crippen molar-refractivity contribution in [1.29, 1.82) is 0 Å². The van der Waals surface area contributed by atoms with Crippen molar-refractivity contribution in [1.82, 2.24) is 35.8 Å². The largest absolute Gasteiger partial charge is 0.383 e. The third-order valence-corrected chi connectivity index (χ3v) is 12.5. The summed E-state index contributed by atoms with van der Waals surface area (Å²) in [5.41, 5.74) is 1.76. The molecule has 4 unspecified atom stereocenters. The highest BCUT2D eigenvalue weighted by Gasteiger charge is 2.44. The molecule has 0 saturated carbocycles. The Morgan fingerprint density at radius 2 is 1.80 bits per heavy atom. The number of fused-ring (bicyclic) bond motifs is 1. The van der Waals surface area contributed by atoms with Gasteiger partial charge in [-0.3, -0.25) is 44.3 Å². The van der Waals surface area contributed by atoms with E-state index in [1.165, 1.54) is 22.7 Å². The molecule has 4 aliphatic heterocycles. The van der Waals surface area contributed by atoms with Crippen LogP contribution < -0.4 is 31.9 Å². The van der Waals surface area contributed by atoms with Crippen LogP contribution in [0.1, 0.15) is 64.4 Å². The fourth-order valence-electron chi connectivity index (χ4n) is 7.08. The summed E-state index contributed by atoms with van der Waals surface area (Å²) in [5.74, 6) is -1.86. The Morgan fingerprint density at radius 1 is 1.02 bits per heavy atom. The number of anilines is 1. The van der Waals surface area contributed by atoms with Crippen LogP contribution in [0.15, 0.2) is 48.5 Å². The van der Waals surface area contributed by atoms with Crippen molar-refractivity contribution >= 4 is 62.9 Å².